The monoisotopic (exact) mass is 417 g/mol. The van der Waals surface area contributed by atoms with Gasteiger partial charge in [-0.15, -0.1) is 24.8 Å². The first-order valence-electron chi connectivity index (χ1n) is 9.52. The Kier molecular flexibility index (Phi) is 11.3. The summed E-state index contributed by atoms with van der Waals surface area (Å²) in [5.74, 6) is 0.966. The van der Waals surface area contributed by atoms with Crippen LogP contribution < -0.4 is 5.32 Å². The Hall–Kier alpha value is -0.850. The highest BCUT2D eigenvalue weighted by atomic mass is 35.5. The molecule has 2 heterocycles. The molecular weight excluding hydrogens is 385 g/mol. The quantitative estimate of drug-likeness (QED) is 0.772. The number of carbonyl (C=O) groups excluding carboxylic acids is 1. The van der Waals surface area contributed by atoms with Crippen molar-refractivity contribution in [1.29, 1.82) is 0 Å². The lowest BCUT2D eigenvalue weighted by Gasteiger charge is -2.35. The zero-order valence-corrected chi connectivity index (χ0v) is 17.8. The second kappa shape index (κ2) is 12.6. The lowest BCUT2D eigenvalue weighted by molar-refractivity contribution is -0.133. The minimum absolute atomic E-state index is 0. The molecule has 0 radical (unpaired) electrons. The number of halogens is 2. The lowest BCUT2D eigenvalue weighted by atomic mass is 9.95. The number of morpholine rings is 1. The summed E-state index contributed by atoms with van der Waals surface area (Å²) in [6, 6.07) is 10.8. The first-order valence-corrected chi connectivity index (χ1v) is 9.52. The molecule has 0 spiro atoms. The Morgan fingerprint density at radius 3 is 2.56 bits per heavy atom. The maximum atomic E-state index is 12.5. The molecule has 0 aliphatic carbocycles. The highest BCUT2D eigenvalue weighted by Crippen LogP contribution is 2.20. The molecule has 27 heavy (non-hydrogen) atoms. The standard InChI is InChI=1S/C20H31N3O2.2ClH/c1-22(14-17-5-3-2-4-6-17)15-18-7-10-23(11-8-18)20(24)13-19-16-25-12-9-21-19;;/h2-6,18-19,21H,7-16H2,1H3;2*1H. The first-order chi connectivity index (χ1) is 12.2. The van der Waals surface area contributed by atoms with Crippen molar-refractivity contribution in [2.24, 2.45) is 5.92 Å². The number of hydrogen-bond acceptors (Lipinski definition) is 4. The third-order valence-electron chi connectivity index (χ3n) is 5.25. The maximum absolute atomic E-state index is 12.5. The van der Waals surface area contributed by atoms with Gasteiger partial charge in [0.05, 0.1) is 13.2 Å². The zero-order valence-electron chi connectivity index (χ0n) is 16.1. The summed E-state index contributed by atoms with van der Waals surface area (Å²) in [5, 5.41) is 3.37. The van der Waals surface area contributed by atoms with E-state index in [1.165, 1.54) is 5.56 Å². The summed E-state index contributed by atoms with van der Waals surface area (Å²) < 4.78 is 5.44. The number of benzene rings is 1. The second-order valence-electron chi connectivity index (χ2n) is 7.44. The SMILES string of the molecule is CN(Cc1ccccc1)CC1CCN(C(=O)CC2COCCN2)CC1.Cl.Cl. The molecule has 2 aliphatic heterocycles. The van der Waals surface area contributed by atoms with E-state index in [1.807, 2.05) is 4.90 Å². The fourth-order valence-corrected chi connectivity index (χ4v) is 3.86. The van der Waals surface area contributed by atoms with Crippen LogP contribution in [0.2, 0.25) is 0 Å². The van der Waals surface area contributed by atoms with Crippen LogP contribution in [0.25, 0.3) is 0 Å². The van der Waals surface area contributed by atoms with E-state index in [9.17, 15) is 4.79 Å². The van der Waals surface area contributed by atoms with E-state index < -0.39 is 0 Å². The van der Waals surface area contributed by atoms with Crippen LogP contribution in [0.1, 0.15) is 24.8 Å². The summed E-state index contributed by atoms with van der Waals surface area (Å²) in [4.78, 5) is 16.9. The van der Waals surface area contributed by atoms with Crippen LogP contribution in [0.3, 0.4) is 0 Å². The second-order valence-corrected chi connectivity index (χ2v) is 7.44. The number of amides is 1. The number of rotatable bonds is 6. The van der Waals surface area contributed by atoms with E-state index in [0.29, 0.717) is 18.9 Å². The van der Waals surface area contributed by atoms with Crippen molar-refractivity contribution in [1.82, 2.24) is 15.1 Å². The first kappa shape index (κ1) is 24.2. The number of carbonyl (C=O) groups is 1. The largest absolute Gasteiger partial charge is 0.378 e. The molecule has 5 nitrogen and oxygen atoms in total. The van der Waals surface area contributed by atoms with Crippen LogP contribution in [0.5, 0.6) is 0 Å². The third kappa shape index (κ3) is 7.96. The summed E-state index contributed by atoms with van der Waals surface area (Å²) in [7, 11) is 2.19. The van der Waals surface area contributed by atoms with Gasteiger partial charge in [-0.3, -0.25) is 4.79 Å². The molecule has 2 fully saturated rings. The van der Waals surface area contributed by atoms with Crippen molar-refractivity contribution < 1.29 is 9.53 Å². The van der Waals surface area contributed by atoms with Gasteiger partial charge in [0.2, 0.25) is 5.91 Å². The van der Waals surface area contributed by atoms with Crippen molar-refractivity contribution in [2.75, 3.05) is 46.4 Å². The topological polar surface area (TPSA) is 44.8 Å². The van der Waals surface area contributed by atoms with Gasteiger partial charge in [-0.05, 0) is 31.4 Å². The summed E-state index contributed by atoms with van der Waals surface area (Å²) in [6.07, 6.45) is 2.79. The van der Waals surface area contributed by atoms with Gasteiger partial charge < -0.3 is 19.9 Å². The van der Waals surface area contributed by atoms with Gasteiger partial charge in [-0.2, -0.15) is 0 Å². The molecule has 7 heteroatoms. The molecule has 1 aromatic carbocycles. The Morgan fingerprint density at radius 2 is 1.93 bits per heavy atom. The van der Waals surface area contributed by atoms with Crippen molar-refractivity contribution >= 4 is 30.7 Å². The highest BCUT2D eigenvalue weighted by molar-refractivity contribution is 5.85. The number of hydrogen-bond donors (Lipinski definition) is 1. The number of nitrogens with one attached hydrogen (secondary N) is 1. The smallest absolute Gasteiger partial charge is 0.224 e. The molecule has 1 unspecified atom stereocenters. The van der Waals surface area contributed by atoms with Gasteiger partial charge in [0, 0.05) is 45.2 Å². The molecule has 0 aromatic heterocycles. The van der Waals surface area contributed by atoms with Crippen molar-refractivity contribution in [3.8, 4) is 0 Å². The van der Waals surface area contributed by atoms with Gasteiger partial charge in [0.1, 0.15) is 0 Å². The van der Waals surface area contributed by atoms with Crippen LogP contribution >= 0.6 is 24.8 Å². The Balaban J connectivity index is 0.00000182. The predicted octanol–water partition coefficient (Wildman–Crippen LogP) is 2.58. The molecule has 3 rings (SSSR count). The van der Waals surface area contributed by atoms with Gasteiger partial charge in [-0.25, -0.2) is 0 Å². The van der Waals surface area contributed by atoms with Crippen LogP contribution in [0, 0.1) is 5.92 Å². The molecule has 0 saturated carbocycles. The van der Waals surface area contributed by atoms with Crippen molar-refractivity contribution in [2.45, 2.75) is 31.8 Å². The summed E-state index contributed by atoms with van der Waals surface area (Å²) >= 11 is 0. The minimum atomic E-state index is 0. The van der Waals surface area contributed by atoms with E-state index in [2.05, 4.69) is 47.6 Å². The zero-order chi connectivity index (χ0) is 17.5. The summed E-state index contributed by atoms with van der Waals surface area (Å²) in [6.45, 7) is 6.17. The van der Waals surface area contributed by atoms with Crippen LogP contribution in [0.15, 0.2) is 30.3 Å². The fraction of sp³-hybridized carbons (Fsp3) is 0.650. The van der Waals surface area contributed by atoms with E-state index in [4.69, 9.17) is 4.74 Å². The Labute approximate surface area is 175 Å². The van der Waals surface area contributed by atoms with Gasteiger partial charge in [0.25, 0.3) is 0 Å². The molecule has 1 N–H and O–H groups in total. The molecule has 154 valence electrons. The third-order valence-corrected chi connectivity index (χ3v) is 5.25. The number of ether oxygens (including phenoxy) is 1. The molecule has 1 atom stereocenters. The van der Waals surface area contributed by atoms with Crippen LogP contribution in [-0.2, 0) is 16.1 Å². The van der Waals surface area contributed by atoms with E-state index >= 15 is 0 Å². The van der Waals surface area contributed by atoms with Crippen molar-refractivity contribution in [3.05, 3.63) is 35.9 Å². The molecule has 2 saturated heterocycles. The highest BCUT2D eigenvalue weighted by Gasteiger charge is 2.26. The van der Waals surface area contributed by atoms with Gasteiger partial charge in [0.15, 0.2) is 0 Å². The lowest BCUT2D eigenvalue weighted by Crippen LogP contribution is -2.47. The van der Waals surface area contributed by atoms with Crippen molar-refractivity contribution in [3.63, 3.8) is 0 Å². The number of likely N-dealkylation sites (tertiary alicyclic amines) is 1. The molecule has 0 bridgehead atoms. The van der Waals surface area contributed by atoms with Crippen LogP contribution in [0.4, 0.5) is 0 Å². The number of piperidine rings is 1. The minimum Gasteiger partial charge on any atom is -0.378 e. The fourth-order valence-electron chi connectivity index (χ4n) is 3.86. The Bertz CT molecular complexity index is 533. The average molecular weight is 418 g/mol. The predicted molar refractivity (Wildman–Crippen MR) is 114 cm³/mol. The van der Waals surface area contributed by atoms with Crippen LogP contribution in [-0.4, -0.2) is 68.2 Å². The summed E-state index contributed by atoms with van der Waals surface area (Å²) in [5.41, 5.74) is 1.36. The maximum Gasteiger partial charge on any atom is 0.224 e. The van der Waals surface area contributed by atoms with E-state index in [0.717, 1.165) is 52.2 Å². The van der Waals surface area contributed by atoms with E-state index in [-0.39, 0.29) is 36.8 Å². The molecule has 2 aliphatic rings. The number of nitrogens with zero attached hydrogens (tertiary/aromatic N) is 2. The molecule has 1 amide bonds. The Morgan fingerprint density at radius 1 is 1.22 bits per heavy atom. The van der Waals surface area contributed by atoms with Gasteiger partial charge in [-0.1, -0.05) is 30.3 Å². The molecule has 1 aromatic rings. The average Bonchev–Trinajstić information content (AvgIpc) is 2.64. The normalized spacial score (nSPS) is 20.7. The molecular formula is C20H33Cl2N3O2. The van der Waals surface area contributed by atoms with Gasteiger partial charge >= 0.3 is 0 Å². The van der Waals surface area contributed by atoms with E-state index in [1.54, 1.807) is 0 Å².